The first-order chi connectivity index (χ1) is 15.3. The largest absolute Gasteiger partial charge is 0.508 e. The lowest BCUT2D eigenvalue weighted by Gasteiger charge is -2.15. The van der Waals surface area contributed by atoms with E-state index in [-0.39, 0.29) is 17.4 Å². The van der Waals surface area contributed by atoms with Crippen molar-refractivity contribution in [3.05, 3.63) is 78.4 Å². The normalized spacial score (nSPS) is 11.2. The molecule has 2 amide bonds. The average Bonchev–Trinajstić information content (AvgIpc) is 2.75. The van der Waals surface area contributed by atoms with Crippen molar-refractivity contribution in [1.29, 1.82) is 0 Å². The molecule has 1 unspecified atom stereocenters. The monoisotopic (exact) mass is 434 g/mol. The summed E-state index contributed by atoms with van der Waals surface area (Å²) in [6, 6.07) is 19.0. The quantitative estimate of drug-likeness (QED) is 0.383. The van der Waals surface area contributed by atoms with E-state index in [4.69, 9.17) is 9.47 Å². The number of benzene rings is 3. The molecule has 3 aromatic carbocycles. The van der Waals surface area contributed by atoms with Gasteiger partial charge in [0.1, 0.15) is 17.2 Å². The molecule has 0 heterocycles. The van der Waals surface area contributed by atoms with E-state index in [0.717, 1.165) is 0 Å². The maximum Gasteiger partial charge on any atom is 0.308 e. The number of hydrogen-bond acceptors (Lipinski definition) is 6. The van der Waals surface area contributed by atoms with E-state index in [1.165, 1.54) is 25.1 Å². The van der Waals surface area contributed by atoms with Crippen molar-refractivity contribution < 1.29 is 29.0 Å². The van der Waals surface area contributed by atoms with Crippen LogP contribution in [0.2, 0.25) is 0 Å². The zero-order valence-corrected chi connectivity index (χ0v) is 17.5. The Bertz CT molecular complexity index is 1130. The molecule has 0 bridgehead atoms. The van der Waals surface area contributed by atoms with Gasteiger partial charge in [-0.25, -0.2) is 0 Å². The van der Waals surface area contributed by atoms with Crippen LogP contribution in [0.4, 0.5) is 11.4 Å². The Labute approximate surface area is 184 Å². The average molecular weight is 434 g/mol. The Morgan fingerprint density at radius 1 is 0.844 bits per heavy atom. The number of anilines is 2. The molecule has 0 aliphatic rings. The zero-order chi connectivity index (χ0) is 23.1. The van der Waals surface area contributed by atoms with Crippen LogP contribution in [0.25, 0.3) is 0 Å². The molecule has 0 aliphatic carbocycles. The predicted molar refractivity (Wildman–Crippen MR) is 119 cm³/mol. The Hall–Kier alpha value is -4.33. The molecule has 164 valence electrons. The lowest BCUT2D eigenvalue weighted by Crippen LogP contribution is -2.30. The zero-order valence-electron chi connectivity index (χ0n) is 17.5. The number of phenolic OH excluding ortho intramolecular Hbond substituents is 1. The molecule has 0 radical (unpaired) electrons. The lowest BCUT2D eigenvalue weighted by molar-refractivity contribution is -0.131. The van der Waals surface area contributed by atoms with Crippen LogP contribution in [0.15, 0.2) is 72.8 Å². The SMILES string of the molecule is CC(=O)Oc1cccc(C(=O)Nc2cccc(NC(=O)C(C)Oc3ccc(O)cc3)c2)c1. The smallest absolute Gasteiger partial charge is 0.308 e. The van der Waals surface area contributed by atoms with Gasteiger partial charge in [-0.1, -0.05) is 12.1 Å². The van der Waals surface area contributed by atoms with E-state index in [2.05, 4.69) is 10.6 Å². The molecular formula is C24H22N2O6. The minimum absolute atomic E-state index is 0.103. The summed E-state index contributed by atoms with van der Waals surface area (Å²) in [6.07, 6.45) is -0.790. The van der Waals surface area contributed by atoms with E-state index in [1.807, 2.05) is 0 Å². The molecule has 32 heavy (non-hydrogen) atoms. The minimum atomic E-state index is -0.790. The first-order valence-corrected chi connectivity index (χ1v) is 9.76. The van der Waals surface area contributed by atoms with Crippen LogP contribution in [-0.4, -0.2) is 29.0 Å². The molecule has 0 saturated heterocycles. The second kappa shape index (κ2) is 10.1. The highest BCUT2D eigenvalue weighted by Gasteiger charge is 2.15. The van der Waals surface area contributed by atoms with E-state index in [0.29, 0.717) is 22.7 Å². The summed E-state index contributed by atoms with van der Waals surface area (Å²) in [5.41, 5.74) is 1.26. The summed E-state index contributed by atoms with van der Waals surface area (Å²) in [7, 11) is 0. The number of nitrogens with one attached hydrogen (secondary N) is 2. The van der Waals surface area contributed by atoms with Crippen molar-refractivity contribution in [3.8, 4) is 17.2 Å². The number of amides is 2. The third-order valence-corrected chi connectivity index (χ3v) is 4.26. The molecule has 1 atom stereocenters. The highest BCUT2D eigenvalue weighted by atomic mass is 16.5. The first kappa shape index (κ1) is 22.4. The summed E-state index contributed by atoms with van der Waals surface area (Å²) in [5, 5.41) is 14.8. The predicted octanol–water partition coefficient (Wildman–Crippen LogP) is 3.98. The van der Waals surface area contributed by atoms with Gasteiger partial charge in [-0.05, 0) is 67.6 Å². The van der Waals surface area contributed by atoms with Gasteiger partial charge in [0.05, 0.1) is 0 Å². The number of hydrogen-bond donors (Lipinski definition) is 3. The van der Waals surface area contributed by atoms with Gasteiger partial charge >= 0.3 is 5.97 Å². The number of carbonyl (C=O) groups is 3. The minimum Gasteiger partial charge on any atom is -0.508 e. The Kier molecular flexibility index (Phi) is 7.07. The molecular weight excluding hydrogens is 412 g/mol. The molecule has 3 rings (SSSR count). The van der Waals surface area contributed by atoms with E-state index >= 15 is 0 Å². The number of carbonyl (C=O) groups excluding carboxylic acids is 3. The van der Waals surface area contributed by atoms with Crippen molar-refractivity contribution in [2.45, 2.75) is 20.0 Å². The van der Waals surface area contributed by atoms with Gasteiger partial charge in [0.2, 0.25) is 0 Å². The van der Waals surface area contributed by atoms with Gasteiger partial charge in [0, 0.05) is 23.9 Å². The van der Waals surface area contributed by atoms with Gasteiger partial charge in [0.25, 0.3) is 11.8 Å². The van der Waals surface area contributed by atoms with Gasteiger partial charge in [-0.2, -0.15) is 0 Å². The maximum absolute atomic E-state index is 12.5. The molecule has 3 aromatic rings. The van der Waals surface area contributed by atoms with Crippen LogP contribution in [0.5, 0.6) is 17.2 Å². The number of rotatable bonds is 7. The second-order valence-electron chi connectivity index (χ2n) is 6.90. The molecule has 8 nitrogen and oxygen atoms in total. The summed E-state index contributed by atoms with van der Waals surface area (Å²) in [5.74, 6) is -0.431. The van der Waals surface area contributed by atoms with Gasteiger partial charge in [-0.3, -0.25) is 14.4 Å². The molecule has 0 aromatic heterocycles. The second-order valence-corrected chi connectivity index (χ2v) is 6.90. The Balaban J connectivity index is 1.62. The summed E-state index contributed by atoms with van der Waals surface area (Å²) in [6.45, 7) is 2.88. The number of aromatic hydroxyl groups is 1. The number of esters is 1. The number of ether oxygens (including phenoxy) is 2. The van der Waals surface area contributed by atoms with Crippen LogP contribution in [0, 0.1) is 0 Å². The molecule has 0 saturated carbocycles. The van der Waals surface area contributed by atoms with Crippen LogP contribution < -0.4 is 20.1 Å². The summed E-state index contributed by atoms with van der Waals surface area (Å²) >= 11 is 0. The highest BCUT2D eigenvalue weighted by Crippen LogP contribution is 2.20. The van der Waals surface area contributed by atoms with Crippen LogP contribution in [-0.2, 0) is 9.59 Å². The van der Waals surface area contributed by atoms with E-state index in [9.17, 15) is 19.5 Å². The van der Waals surface area contributed by atoms with Gasteiger partial charge in [-0.15, -0.1) is 0 Å². The third kappa shape index (κ3) is 6.33. The maximum atomic E-state index is 12.5. The van der Waals surface area contributed by atoms with Crippen molar-refractivity contribution >= 4 is 29.2 Å². The summed E-state index contributed by atoms with van der Waals surface area (Å²) in [4.78, 5) is 36.1. The summed E-state index contributed by atoms with van der Waals surface area (Å²) < 4.78 is 10.6. The van der Waals surface area contributed by atoms with Crippen molar-refractivity contribution in [2.75, 3.05) is 10.6 Å². The highest BCUT2D eigenvalue weighted by molar-refractivity contribution is 6.05. The molecule has 3 N–H and O–H groups in total. The Morgan fingerprint density at radius 2 is 1.50 bits per heavy atom. The Morgan fingerprint density at radius 3 is 2.19 bits per heavy atom. The third-order valence-electron chi connectivity index (χ3n) is 4.26. The van der Waals surface area contributed by atoms with Crippen molar-refractivity contribution in [3.63, 3.8) is 0 Å². The molecule has 0 fully saturated rings. The lowest BCUT2D eigenvalue weighted by atomic mass is 10.2. The van der Waals surface area contributed by atoms with Crippen molar-refractivity contribution in [1.82, 2.24) is 0 Å². The topological polar surface area (TPSA) is 114 Å². The molecule has 8 heteroatoms. The van der Waals surface area contributed by atoms with E-state index < -0.39 is 18.0 Å². The first-order valence-electron chi connectivity index (χ1n) is 9.76. The van der Waals surface area contributed by atoms with E-state index in [1.54, 1.807) is 61.5 Å². The fraction of sp³-hybridized carbons (Fsp3) is 0.125. The van der Waals surface area contributed by atoms with Crippen LogP contribution in [0.3, 0.4) is 0 Å². The van der Waals surface area contributed by atoms with Crippen molar-refractivity contribution in [2.24, 2.45) is 0 Å². The molecule has 0 aliphatic heterocycles. The fourth-order valence-electron chi connectivity index (χ4n) is 2.77. The van der Waals surface area contributed by atoms with Gasteiger partial charge < -0.3 is 25.2 Å². The number of phenols is 1. The standard InChI is InChI=1S/C24H22N2O6/c1-15(31-21-11-9-20(28)10-12-21)23(29)25-18-6-4-7-19(14-18)26-24(30)17-5-3-8-22(13-17)32-16(2)27/h3-15,28H,1-2H3,(H,25,29)(H,26,30). The fourth-order valence-corrected chi connectivity index (χ4v) is 2.77. The van der Waals surface area contributed by atoms with Crippen LogP contribution >= 0.6 is 0 Å². The van der Waals surface area contributed by atoms with Crippen LogP contribution in [0.1, 0.15) is 24.2 Å². The van der Waals surface area contributed by atoms with Gasteiger partial charge in [0.15, 0.2) is 6.10 Å². The molecule has 0 spiro atoms.